The minimum Gasteiger partial charge on any atom is -0.477 e. The summed E-state index contributed by atoms with van der Waals surface area (Å²) < 4.78 is 11.6. The molecule has 2 heterocycles. The molecule has 1 aliphatic rings. The van der Waals surface area contributed by atoms with E-state index in [1.807, 2.05) is 37.3 Å². The summed E-state index contributed by atoms with van der Waals surface area (Å²) in [5, 5.41) is 0.960. The Hall–Kier alpha value is -2.59. The molecule has 0 amide bonds. The van der Waals surface area contributed by atoms with Gasteiger partial charge in [-0.1, -0.05) is 37.3 Å². The Morgan fingerprint density at radius 1 is 1.19 bits per heavy atom. The SMILES string of the molecule is CCC(C)N1COc2c(cc3c(-c4ccccc4)cc(=O)oc3c2C)C1. The summed E-state index contributed by atoms with van der Waals surface area (Å²) >= 11 is 0. The monoisotopic (exact) mass is 349 g/mol. The van der Waals surface area contributed by atoms with Crippen molar-refractivity contribution in [3.8, 4) is 16.9 Å². The quantitative estimate of drug-likeness (QED) is 0.642. The number of nitrogens with zero attached hydrogens (tertiary/aromatic N) is 1. The van der Waals surface area contributed by atoms with Gasteiger partial charge in [0.25, 0.3) is 0 Å². The predicted octanol–water partition coefficient (Wildman–Crippen LogP) is 4.72. The summed E-state index contributed by atoms with van der Waals surface area (Å²) in [6.07, 6.45) is 1.08. The standard InChI is InChI=1S/C22H23NO3/c1-4-14(2)23-12-17-10-19-18(16-8-6-5-7-9-16)11-20(24)26-22(19)15(3)21(17)25-13-23/h5-11,14H,4,12-13H2,1-3H3. The molecule has 4 nitrogen and oxygen atoms in total. The Balaban J connectivity index is 1.93. The molecular formula is C22H23NO3. The highest BCUT2D eigenvalue weighted by molar-refractivity contribution is 5.96. The van der Waals surface area contributed by atoms with E-state index in [-0.39, 0.29) is 5.63 Å². The number of hydrogen-bond acceptors (Lipinski definition) is 4. The van der Waals surface area contributed by atoms with Gasteiger partial charge < -0.3 is 9.15 Å². The molecule has 0 spiro atoms. The van der Waals surface area contributed by atoms with Crippen LogP contribution in [0.5, 0.6) is 5.75 Å². The van der Waals surface area contributed by atoms with Gasteiger partial charge in [-0.05, 0) is 37.5 Å². The largest absolute Gasteiger partial charge is 0.477 e. The molecule has 0 bridgehead atoms. The van der Waals surface area contributed by atoms with Crippen LogP contribution in [0.2, 0.25) is 0 Å². The molecule has 1 unspecified atom stereocenters. The van der Waals surface area contributed by atoms with Crippen LogP contribution in [0.15, 0.2) is 51.7 Å². The first-order valence-electron chi connectivity index (χ1n) is 9.11. The molecule has 0 aliphatic carbocycles. The average molecular weight is 349 g/mol. The van der Waals surface area contributed by atoms with Crippen molar-refractivity contribution in [3.63, 3.8) is 0 Å². The van der Waals surface area contributed by atoms with Gasteiger partial charge in [0.1, 0.15) is 18.1 Å². The lowest BCUT2D eigenvalue weighted by Gasteiger charge is -2.34. The normalized spacial score (nSPS) is 15.5. The first kappa shape index (κ1) is 16.9. The average Bonchev–Trinajstić information content (AvgIpc) is 2.68. The molecule has 0 saturated carbocycles. The molecule has 0 radical (unpaired) electrons. The van der Waals surface area contributed by atoms with E-state index in [1.165, 1.54) is 0 Å². The number of aryl methyl sites for hydroxylation is 1. The maximum absolute atomic E-state index is 12.2. The van der Waals surface area contributed by atoms with E-state index < -0.39 is 0 Å². The zero-order valence-corrected chi connectivity index (χ0v) is 15.4. The molecule has 1 atom stereocenters. The number of benzene rings is 2. The summed E-state index contributed by atoms with van der Waals surface area (Å²) in [6, 6.07) is 14.1. The van der Waals surface area contributed by atoms with Crippen molar-refractivity contribution in [2.45, 2.75) is 39.8 Å². The van der Waals surface area contributed by atoms with E-state index in [4.69, 9.17) is 9.15 Å². The van der Waals surface area contributed by atoms with Crippen molar-refractivity contribution in [2.75, 3.05) is 6.73 Å². The summed E-state index contributed by atoms with van der Waals surface area (Å²) in [6.45, 7) is 7.79. The highest BCUT2D eigenvalue weighted by Gasteiger charge is 2.25. The van der Waals surface area contributed by atoms with E-state index in [0.29, 0.717) is 18.4 Å². The maximum Gasteiger partial charge on any atom is 0.336 e. The molecule has 1 aliphatic heterocycles. The van der Waals surface area contributed by atoms with Crippen molar-refractivity contribution >= 4 is 11.0 Å². The van der Waals surface area contributed by atoms with Crippen molar-refractivity contribution < 1.29 is 9.15 Å². The molecule has 0 saturated heterocycles. The third kappa shape index (κ3) is 2.80. The summed E-state index contributed by atoms with van der Waals surface area (Å²) in [4.78, 5) is 14.5. The van der Waals surface area contributed by atoms with Gasteiger partial charge in [0.2, 0.25) is 0 Å². The van der Waals surface area contributed by atoms with Gasteiger partial charge in [-0.2, -0.15) is 0 Å². The molecule has 0 N–H and O–H groups in total. The number of fused-ring (bicyclic) bond motifs is 2. The Morgan fingerprint density at radius 3 is 2.69 bits per heavy atom. The van der Waals surface area contributed by atoms with E-state index >= 15 is 0 Å². The molecule has 26 heavy (non-hydrogen) atoms. The molecular weight excluding hydrogens is 326 g/mol. The van der Waals surface area contributed by atoms with Crippen molar-refractivity contribution in [1.82, 2.24) is 4.90 Å². The molecule has 0 fully saturated rings. The molecule has 3 aromatic rings. The first-order chi connectivity index (χ1) is 12.6. The highest BCUT2D eigenvalue weighted by Crippen LogP contribution is 2.38. The predicted molar refractivity (Wildman–Crippen MR) is 103 cm³/mol. The summed E-state index contributed by atoms with van der Waals surface area (Å²) in [5.74, 6) is 0.852. The van der Waals surface area contributed by atoms with Gasteiger partial charge in [-0.25, -0.2) is 4.79 Å². The smallest absolute Gasteiger partial charge is 0.336 e. The topological polar surface area (TPSA) is 42.7 Å². The fraction of sp³-hybridized carbons (Fsp3) is 0.318. The van der Waals surface area contributed by atoms with Crippen LogP contribution in [0.1, 0.15) is 31.4 Å². The second-order valence-electron chi connectivity index (χ2n) is 6.99. The van der Waals surface area contributed by atoms with E-state index in [1.54, 1.807) is 6.07 Å². The zero-order valence-electron chi connectivity index (χ0n) is 15.4. The first-order valence-corrected chi connectivity index (χ1v) is 9.11. The number of hydrogen-bond donors (Lipinski definition) is 0. The van der Waals surface area contributed by atoms with E-state index in [0.717, 1.165) is 46.4 Å². The van der Waals surface area contributed by atoms with Crippen LogP contribution in [0, 0.1) is 6.92 Å². The van der Waals surface area contributed by atoms with Crippen LogP contribution in [0.4, 0.5) is 0 Å². The van der Waals surface area contributed by atoms with E-state index in [2.05, 4.69) is 24.8 Å². The van der Waals surface area contributed by atoms with Gasteiger partial charge >= 0.3 is 5.63 Å². The molecule has 4 heteroatoms. The highest BCUT2D eigenvalue weighted by atomic mass is 16.5. The molecule has 2 aromatic carbocycles. The zero-order chi connectivity index (χ0) is 18.3. The van der Waals surface area contributed by atoms with Crippen molar-refractivity contribution in [1.29, 1.82) is 0 Å². The van der Waals surface area contributed by atoms with Crippen molar-refractivity contribution in [2.24, 2.45) is 0 Å². The Bertz CT molecular complexity index is 1010. The third-order valence-corrected chi connectivity index (χ3v) is 5.34. The number of rotatable bonds is 3. The second kappa shape index (κ2) is 6.61. The fourth-order valence-electron chi connectivity index (χ4n) is 3.64. The van der Waals surface area contributed by atoms with Gasteiger partial charge in [0.05, 0.1) is 0 Å². The number of ether oxygens (including phenoxy) is 1. The minimum absolute atomic E-state index is 0.337. The molecule has 4 rings (SSSR count). The Morgan fingerprint density at radius 2 is 1.96 bits per heavy atom. The summed E-state index contributed by atoms with van der Waals surface area (Å²) in [5.41, 5.74) is 4.25. The Kier molecular flexibility index (Phi) is 4.29. The lowest BCUT2D eigenvalue weighted by atomic mass is 9.96. The molecule has 1 aromatic heterocycles. The van der Waals surface area contributed by atoms with Gasteiger partial charge in [-0.3, -0.25) is 4.90 Å². The van der Waals surface area contributed by atoms with E-state index in [9.17, 15) is 4.79 Å². The third-order valence-electron chi connectivity index (χ3n) is 5.34. The van der Waals surface area contributed by atoms with Crippen LogP contribution in [-0.4, -0.2) is 17.7 Å². The lowest BCUT2D eigenvalue weighted by molar-refractivity contribution is 0.0602. The van der Waals surface area contributed by atoms with Crippen LogP contribution in [0.3, 0.4) is 0 Å². The van der Waals surface area contributed by atoms with Gasteiger partial charge in [0, 0.05) is 35.2 Å². The molecule has 134 valence electrons. The van der Waals surface area contributed by atoms with Gasteiger partial charge in [0.15, 0.2) is 0 Å². The van der Waals surface area contributed by atoms with Gasteiger partial charge in [-0.15, -0.1) is 0 Å². The van der Waals surface area contributed by atoms with Crippen LogP contribution < -0.4 is 10.4 Å². The second-order valence-corrected chi connectivity index (χ2v) is 6.99. The van der Waals surface area contributed by atoms with Crippen LogP contribution in [-0.2, 0) is 6.54 Å². The summed E-state index contributed by atoms with van der Waals surface area (Å²) in [7, 11) is 0. The van der Waals surface area contributed by atoms with Crippen LogP contribution in [0.25, 0.3) is 22.1 Å². The minimum atomic E-state index is -0.337. The Labute approximate surface area is 153 Å². The lowest BCUT2D eigenvalue weighted by Crippen LogP contribution is -2.38. The fourth-order valence-corrected chi connectivity index (χ4v) is 3.64. The van der Waals surface area contributed by atoms with Crippen LogP contribution >= 0.6 is 0 Å². The maximum atomic E-state index is 12.2. The van der Waals surface area contributed by atoms with Crippen molar-refractivity contribution in [3.05, 3.63) is 64.0 Å².